The predicted octanol–water partition coefficient (Wildman–Crippen LogP) is 4.14. The minimum atomic E-state index is -4.31. The zero-order valence-corrected chi connectivity index (χ0v) is 11.5. The van der Waals surface area contributed by atoms with E-state index in [0.717, 1.165) is 22.6 Å². The molecule has 21 heavy (non-hydrogen) atoms. The number of aromatic amines is 1. The molecule has 2 aromatic heterocycles. The molecule has 1 N–H and O–H groups in total. The number of H-pyrrole nitrogens is 1. The Labute approximate surface area is 122 Å². The average molecular weight is 309 g/mol. The monoisotopic (exact) mass is 309 g/mol. The molecule has 0 amide bonds. The molecule has 2 heterocycles. The number of hydrogen-bond acceptors (Lipinski definition) is 3. The zero-order chi connectivity index (χ0) is 14.9. The molecule has 3 aromatic rings. The first-order chi connectivity index (χ1) is 10.0. The summed E-state index contributed by atoms with van der Waals surface area (Å²) in [5.74, 6) is 1.23. The number of nitrogens with one attached hydrogen (secondary N) is 1. The smallest absolute Gasteiger partial charge is 0.262 e. The van der Waals surface area contributed by atoms with E-state index in [0.29, 0.717) is 18.1 Å². The summed E-state index contributed by atoms with van der Waals surface area (Å²) in [5.41, 5.74) is 0.0972. The maximum absolute atomic E-state index is 12.5. The third kappa shape index (κ3) is 3.13. The van der Waals surface area contributed by atoms with Crippen LogP contribution in [-0.4, -0.2) is 15.2 Å². The van der Waals surface area contributed by atoms with Gasteiger partial charge in [0.05, 0.1) is 10.4 Å². The first kappa shape index (κ1) is 13.8. The molecule has 0 radical (unpaired) electrons. The van der Waals surface area contributed by atoms with Crippen molar-refractivity contribution < 1.29 is 13.2 Å². The highest BCUT2D eigenvalue weighted by atomic mass is 32.1. The lowest BCUT2D eigenvalue weighted by molar-refractivity contribution is -0.137. The van der Waals surface area contributed by atoms with Crippen molar-refractivity contribution in [2.45, 2.75) is 12.6 Å². The van der Waals surface area contributed by atoms with E-state index in [9.17, 15) is 13.2 Å². The molecule has 3 nitrogen and oxygen atoms in total. The van der Waals surface area contributed by atoms with E-state index in [1.54, 1.807) is 0 Å². The number of thiophene rings is 1. The van der Waals surface area contributed by atoms with Gasteiger partial charge in [0.15, 0.2) is 5.82 Å². The predicted molar refractivity (Wildman–Crippen MR) is 73.9 cm³/mol. The summed E-state index contributed by atoms with van der Waals surface area (Å²) in [6.45, 7) is 0. The van der Waals surface area contributed by atoms with Gasteiger partial charge in [-0.05, 0) is 29.1 Å². The van der Waals surface area contributed by atoms with Crippen LogP contribution in [0.4, 0.5) is 13.2 Å². The lowest BCUT2D eigenvalue weighted by Gasteiger charge is -2.06. The van der Waals surface area contributed by atoms with Crippen LogP contribution < -0.4 is 0 Å². The van der Waals surface area contributed by atoms with Gasteiger partial charge in [0.2, 0.25) is 0 Å². The number of benzene rings is 1. The molecule has 0 saturated heterocycles. The van der Waals surface area contributed by atoms with Gasteiger partial charge in [0.1, 0.15) is 5.82 Å². The summed E-state index contributed by atoms with van der Waals surface area (Å²) in [4.78, 5) is 5.29. The van der Waals surface area contributed by atoms with E-state index in [2.05, 4.69) is 15.2 Å². The number of hydrogen-bond donors (Lipinski definition) is 1. The average Bonchev–Trinajstić information content (AvgIpc) is 3.08. The largest absolute Gasteiger partial charge is 0.416 e. The Balaban J connectivity index is 1.75. The van der Waals surface area contributed by atoms with Crippen LogP contribution in [0.25, 0.3) is 10.7 Å². The molecule has 108 valence electrons. The maximum atomic E-state index is 12.5. The van der Waals surface area contributed by atoms with E-state index in [1.165, 1.54) is 23.5 Å². The number of rotatable bonds is 3. The van der Waals surface area contributed by atoms with Crippen molar-refractivity contribution in [1.82, 2.24) is 15.2 Å². The summed E-state index contributed by atoms with van der Waals surface area (Å²) >= 11 is 1.53. The Kier molecular flexibility index (Phi) is 3.50. The highest BCUT2D eigenvalue weighted by molar-refractivity contribution is 7.13. The molecule has 0 bridgehead atoms. The van der Waals surface area contributed by atoms with Crippen molar-refractivity contribution in [2.75, 3.05) is 0 Å². The quantitative estimate of drug-likeness (QED) is 0.790. The third-order valence-corrected chi connectivity index (χ3v) is 3.79. The second-order valence-electron chi connectivity index (χ2n) is 4.45. The van der Waals surface area contributed by atoms with Crippen LogP contribution in [-0.2, 0) is 12.6 Å². The fraction of sp³-hybridized carbons (Fsp3) is 0.143. The summed E-state index contributed by atoms with van der Waals surface area (Å²) in [7, 11) is 0. The number of aromatic nitrogens is 3. The topological polar surface area (TPSA) is 41.6 Å². The van der Waals surface area contributed by atoms with Crippen LogP contribution in [0.5, 0.6) is 0 Å². The summed E-state index contributed by atoms with van der Waals surface area (Å²) in [6, 6.07) is 8.88. The van der Waals surface area contributed by atoms with Crippen molar-refractivity contribution in [3.63, 3.8) is 0 Å². The Morgan fingerprint density at radius 3 is 2.48 bits per heavy atom. The summed E-state index contributed by atoms with van der Waals surface area (Å²) < 4.78 is 37.4. The summed E-state index contributed by atoms with van der Waals surface area (Å²) in [5, 5.41) is 8.85. The fourth-order valence-corrected chi connectivity index (χ4v) is 2.55. The second-order valence-corrected chi connectivity index (χ2v) is 5.40. The van der Waals surface area contributed by atoms with Crippen molar-refractivity contribution in [1.29, 1.82) is 0 Å². The standard InChI is InChI=1S/C14H10F3N3S/c15-14(16,17)10-5-3-9(4-6-10)8-12-18-13(20-19-12)11-2-1-7-21-11/h1-7H,8H2,(H,18,19,20). The molecule has 0 aliphatic heterocycles. The van der Waals surface area contributed by atoms with Gasteiger partial charge in [0, 0.05) is 6.42 Å². The molecule has 0 aliphatic carbocycles. The first-order valence-electron chi connectivity index (χ1n) is 6.14. The molecular formula is C14H10F3N3S. The Morgan fingerprint density at radius 1 is 1.10 bits per heavy atom. The van der Waals surface area contributed by atoms with Gasteiger partial charge >= 0.3 is 6.18 Å². The number of halogens is 3. The minimum Gasteiger partial charge on any atom is -0.262 e. The highest BCUT2D eigenvalue weighted by Crippen LogP contribution is 2.29. The van der Waals surface area contributed by atoms with Gasteiger partial charge in [-0.3, -0.25) is 5.10 Å². The van der Waals surface area contributed by atoms with E-state index in [1.807, 2.05) is 17.5 Å². The Hall–Kier alpha value is -2.15. The van der Waals surface area contributed by atoms with Crippen LogP contribution in [0, 0.1) is 0 Å². The molecule has 3 rings (SSSR count). The fourth-order valence-electron chi connectivity index (χ4n) is 1.90. The first-order valence-corrected chi connectivity index (χ1v) is 7.01. The van der Waals surface area contributed by atoms with E-state index < -0.39 is 11.7 Å². The molecule has 0 atom stereocenters. The van der Waals surface area contributed by atoms with E-state index in [-0.39, 0.29) is 0 Å². The molecule has 0 aliphatic rings. The Morgan fingerprint density at radius 2 is 1.86 bits per heavy atom. The van der Waals surface area contributed by atoms with Crippen molar-refractivity contribution >= 4 is 11.3 Å². The molecule has 0 fully saturated rings. The number of alkyl halides is 3. The molecule has 0 spiro atoms. The third-order valence-electron chi connectivity index (χ3n) is 2.93. The molecular weight excluding hydrogens is 299 g/mol. The molecule has 0 unspecified atom stereocenters. The van der Waals surface area contributed by atoms with Crippen LogP contribution in [0.3, 0.4) is 0 Å². The van der Waals surface area contributed by atoms with Gasteiger partial charge in [-0.1, -0.05) is 18.2 Å². The van der Waals surface area contributed by atoms with Crippen LogP contribution in [0.15, 0.2) is 41.8 Å². The minimum absolute atomic E-state index is 0.413. The van der Waals surface area contributed by atoms with Gasteiger partial charge in [-0.2, -0.15) is 18.3 Å². The Bertz CT molecular complexity index is 715. The molecule has 1 aromatic carbocycles. The van der Waals surface area contributed by atoms with Gasteiger partial charge in [0.25, 0.3) is 0 Å². The lowest BCUT2D eigenvalue weighted by Crippen LogP contribution is -2.04. The van der Waals surface area contributed by atoms with Gasteiger partial charge < -0.3 is 0 Å². The van der Waals surface area contributed by atoms with Gasteiger partial charge in [-0.15, -0.1) is 11.3 Å². The number of nitrogens with zero attached hydrogens (tertiary/aromatic N) is 2. The summed E-state index contributed by atoms with van der Waals surface area (Å²) in [6.07, 6.45) is -3.90. The van der Waals surface area contributed by atoms with E-state index in [4.69, 9.17) is 0 Å². The molecule has 7 heteroatoms. The van der Waals surface area contributed by atoms with Crippen molar-refractivity contribution in [3.8, 4) is 10.7 Å². The van der Waals surface area contributed by atoms with Crippen LogP contribution in [0.2, 0.25) is 0 Å². The highest BCUT2D eigenvalue weighted by Gasteiger charge is 2.29. The SMILES string of the molecule is FC(F)(F)c1ccc(Cc2nc(-c3cccs3)n[nH]2)cc1. The van der Waals surface area contributed by atoms with Crippen molar-refractivity contribution in [3.05, 3.63) is 58.7 Å². The zero-order valence-electron chi connectivity index (χ0n) is 10.7. The maximum Gasteiger partial charge on any atom is 0.416 e. The second kappa shape index (κ2) is 5.33. The normalized spacial score (nSPS) is 11.8. The lowest BCUT2D eigenvalue weighted by atomic mass is 10.1. The van der Waals surface area contributed by atoms with Crippen LogP contribution in [0.1, 0.15) is 17.0 Å². The van der Waals surface area contributed by atoms with Gasteiger partial charge in [-0.25, -0.2) is 4.98 Å². The van der Waals surface area contributed by atoms with Crippen LogP contribution >= 0.6 is 11.3 Å². The van der Waals surface area contributed by atoms with E-state index >= 15 is 0 Å². The molecule has 0 saturated carbocycles. The van der Waals surface area contributed by atoms with Crippen molar-refractivity contribution in [2.24, 2.45) is 0 Å².